The summed E-state index contributed by atoms with van der Waals surface area (Å²) in [6, 6.07) is 17.6. The van der Waals surface area contributed by atoms with Crippen LogP contribution in [0.25, 0.3) is 33.6 Å². The highest BCUT2D eigenvalue weighted by molar-refractivity contribution is 7.15. The number of benzene rings is 2. The highest BCUT2D eigenvalue weighted by Gasteiger charge is 2.13. The molecule has 3 heterocycles. The van der Waals surface area contributed by atoms with Gasteiger partial charge in [0.1, 0.15) is 16.1 Å². The molecule has 0 saturated carbocycles. The molecule has 0 unspecified atom stereocenters. The first-order chi connectivity index (χ1) is 15.0. The van der Waals surface area contributed by atoms with Crippen LogP contribution in [0.5, 0.6) is 0 Å². The van der Waals surface area contributed by atoms with E-state index in [-0.39, 0.29) is 16.2 Å². The number of halogens is 2. The van der Waals surface area contributed by atoms with Crippen molar-refractivity contribution < 1.29 is 4.42 Å². The normalized spacial score (nSPS) is 12.0. The zero-order valence-electron chi connectivity index (χ0n) is 15.6. The van der Waals surface area contributed by atoms with Crippen LogP contribution in [0.15, 0.2) is 74.7 Å². The minimum absolute atomic E-state index is 0.124. The molecule has 3 aromatic heterocycles. The van der Waals surface area contributed by atoms with Gasteiger partial charge in [-0.15, -0.1) is 0 Å². The summed E-state index contributed by atoms with van der Waals surface area (Å²) in [5.74, 6) is 1.05. The van der Waals surface area contributed by atoms with Gasteiger partial charge in [0.05, 0.1) is 10.0 Å². The largest absolute Gasteiger partial charge is 0.457 e. The van der Waals surface area contributed by atoms with Gasteiger partial charge in [0, 0.05) is 17.2 Å². The van der Waals surface area contributed by atoms with Gasteiger partial charge in [-0.2, -0.15) is 14.6 Å². The number of hydrogen-bond acceptors (Lipinski definition) is 6. The maximum Gasteiger partial charge on any atom is 0.300 e. The molecule has 0 bridgehead atoms. The van der Waals surface area contributed by atoms with Crippen LogP contribution in [-0.4, -0.2) is 14.6 Å². The van der Waals surface area contributed by atoms with E-state index in [0.717, 1.165) is 21.4 Å². The van der Waals surface area contributed by atoms with E-state index in [1.165, 1.54) is 0 Å². The maximum absolute atomic E-state index is 12.9. The maximum atomic E-state index is 12.9. The summed E-state index contributed by atoms with van der Waals surface area (Å²) in [7, 11) is 0. The summed E-state index contributed by atoms with van der Waals surface area (Å²) < 4.78 is 7.32. The second kappa shape index (κ2) is 7.77. The fraction of sp³-hybridized carbons (Fsp3) is 0. The van der Waals surface area contributed by atoms with Gasteiger partial charge in [-0.05, 0) is 30.3 Å². The Kier molecular flexibility index (Phi) is 4.94. The molecule has 0 fully saturated rings. The lowest BCUT2D eigenvalue weighted by Crippen LogP contribution is -2.26. The van der Waals surface area contributed by atoms with E-state index in [2.05, 4.69) is 10.1 Å². The quantitative estimate of drug-likeness (QED) is 0.395. The lowest BCUT2D eigenvalue weighted by molar-refractivity contribution is 0.571. The number of hydrogen-bond donors (Lipinski definition) is 0. The van der Waals surface area contributed by atoms with E-state index >= 15 is 0 Å². The van der Waals surface area contributed by atoms with Crippen LogP contribution in [0.1, 0.15) is 5.76 Å². The Hall–Kier alpha value is -3.26. The lowest BCUT2D eigenvalue weighted by Gasteiger charge is -1.99. The molecule has 2 aromatic carbocycles. The Bertz CT molecular complexity index is 1610. The van der Waals surface area contributed by atoms with Crippen molar-refractivity contribution in [1.82, 2.24) is 14.6 Å². The number of furan rings is 1. The van der Waals surface area contributed by atoms with Crippen molar-refractivity contribution in [3.63, 3.8) is 0 Å². The summed E-state index contributed by atoms with van der Waals surface area (Å²) >= 11 is 13.1. The van der Waals surface area contributed by atoms with E-state index in [9.17, 15) is 9.59 Å². The van der Waals surface area contributed by atoms with Crippen molar-refractivity contribution in [3.05, 3.63) is 102 Å². The molecule has 0 atom stereocenters. The molecule has 0 N–H and O–H groups in total. The van der Waals surface area contributed by atoms with Crippen molar-refractivity contribution in [1.29, 1.82) is 0 Å². The minimum Gasteiger partial charge on any atom is -0.457 e. The van der Waals surface area contributed by atoms with E-state index in [0.29, 0.717) is 31.7 Å². The van der Waals surface area contributed by atoms with Gasteiger partial charge in [0.15, 0.2) is 5.69 Å². The summed E-state index contributed by atoms with van der Waals surface area (Å²) in [6.45, 7) is 0. The Morgan fingerprint density at radius 3 is 2.52 bits per heavy atom. The number of rotatable bonds is 3. The van der Waals surface area contributed by atoms with Crippen LogP contribution in [0, 0.1) is 0 Å². The zero-order chi connectivity index (χ0) is 21.5. The Labute approximate surface area is 188 Å². The SMILES string of the molecule is O=c1nc2s/c(=C\c3ccc(-c4ccc(Cl)c(Cl)c4)o3)c(=O)n2nc1-c1ccccc1. The first kappa shape index (κ1) is 19.7. The topological polar surface area (TPSA) is 77.5 Å². The smallest absolute Gasteiger partial charge is 0.300 e. The molecule has 31 heavy (non-hydrogen) atoms. The van der Waals surface area contributed by atoms with Crippen molar-refractivity contribution in [2.75, 3.05) is 0 Å². The predicted octanol–water partition coefficient (Wildman–Crippen LogP) is 4.29. The molecule has 0 spiro atoms. The Balaban J connectivity index is 1.59. The van der Waals surface area contributed by atoms with Crippen LogP contribution in [0.4, 0.5) is 0 Å². The monoisotopic (exact) mass is 467 g/mol. The Morgan fingerprint density at radius 2 is 1.74 bits per heavy atom. The van der Waals surface area contributed by atoms with E-state index < -0.39 is 5.56 Å². The highest BCUT2D eigenvalue weighted by atomic mass is 35.5. The highest BCUT2D eigenvalue weighted by Crippen LogP contribution is 2.29. The third kappa shape index (κ3) is 3.67. The first-order valence-corrected chi connectivity index (χ1v) is 10.6. The molecular weight excluding hydrogens is 457 g/mol. The lowest BCUT2D eigenvalue weighted by atomic mass is 10.2. The van der Waals surface area contributed by atoms with Crippen LogP contribution in [0.3, 0.4) is 0 Å². The van der Waals surface area contributed by atoms with Crippen LogP contribution >= 0.6 is 34.5 Å². The van der Waals surface area contributed by atoms with Crippen LogP contribution in [0.2, 0.25) is 10.0 Å². The summed E-state index contributed by atoms with van der Waals surface area (Å²) in [5, 5.41) is 5.11. The molecule has 0 aliphatic heterocycles. The van der Waals surface area contributed by atoms with Crippen molar-refractivity contribution in [2.45, 2.75) is 0 Å². The standard InChI is InChI=1S/C22H11Cl2N3O3S/c23-15-8-6-13(10-16(15)24)17-9-7-14(30-17)11-18-21(29)27-22(31-18)25-20(28)19(26-27)12-4-2-1-3-5-12/h1-11H/b18-11-. The van der Waals surface area contributed by atoms with Gasteiger partial charge in [-0.25, -0.2) is 0 Å². The van der Waals surface area contributed by atoms with Gasteiger partial charge in [-0.1, -0.05) is 64.9 Å². The molecule has 0 amide bonds. The molecule has 5 aromatic rings. The van der Waals surface area contributed by atoms with Gasteiger partial charge < -0.3 is 4.42 Å². The minimum atomic E-state index is -0.487. The summed E-state index contributed by atoms with van der Waals surface area (Å²) in [4.78, 5) is 29.5. The van der Waals surface area contributed by atoms with E-state index in [4.69, 9.17) is 27.6 Å². The third-order valence-corrected chi connectivity index (χ3v) is 6.24. The second-order valence-corrected chi connectivity index (χ2v) is 8.40. The number of thiazole rings is 1. The average Bonchev–Trinajstić information content (AvgIpc) is 3.35. The molecular formula is C22H11Cl2N3O3S. The second-order valence-electron chi connectivity index (χ2n) is 6.57. The van der Waals surface area contributed by atoms with E-state index in [1.54, 1.807) is 60.7 Å². The van der Waals surface area contributed by atoms with Crippen molar-refractivity contribution in [2.24, 2.45) is 0 Å². The number of nitrogens with zero attached hydrogens (tertiary/aromatic N) is 3. The van der Waals surface area contributed by atoms with Crippen LogP contribution in [-0.2, 0) is 0 Å². The van der Waals surface area contributed by atoms with Gasteiger partial charge in [0.25, 0.3) is 5.56 Å². The third-order valence-electron chi connectivity index (χ3n) is 4.54. The van der Waals surface area contributed by atoms with Gasteiger partial charge >= 0.3 is 5.56 Å². The molecule has 5 rings (SSSR count). The molecule has 6 nitrogen and oxygen atoms in total. The van der Waals surface area contributed by atoms with Gasteiger partial charge in [0.2, 0.25) is 4.96 Å². The number of fused-ring (bicyclic) bond motifs is 1. The first-order valence-electron chi connectivity index (χ1n) is 9.06. The molecule has 0 saturated heterocycles. The zero-order valence-corrected chi connectivity index (χ0v) is 17.9. The van der Waals surface area contributed by atoms with Crippen molar-refractivity contribution >= 4 is 45.6 Å². The van der Waals surface area contributed by atoms with Crippen LogP contribution < -0.4 is 15.7 Å². The molecule has 0 aliphatic rings. The molecule has 0 aliphatic carbocycles. The average molecular weight is 468 g/mol. The fourth-order valence-corrected chi connectivity index (χ4v) is 4.23. The summed E-state index contributed by atoms with van der Waals surface area (Å²) in [6.07, 6.45) is 1.59. The molecule has 9 heteroatoms. The predicted molar refractivity (Wildman–Crippen MR) is 122 cm³/mol. The number of aromatic nitrogens is 3. The fourth-order valence-electron chi connectivity index (χ4n) is 3.05. The van der Waals surface area contributed by atoms with Gasteiger partial charge in [-0.3, -0.25) is 9.59 Å². The molecule has 0 radical (unpaired) electrons. The van der Waals surface area contributed by atoms with E-state index in [1.807, 2.05) is 6.07 Å². The Morgan fingerprint density at radius 1 is 0.935 bits per heavy atom. The summed E-state index contributed by atoms with van der Waals surface area (Å²) in [5.41, 5.74) is 0.618. The van der Waals surface area contributed by atoms with Crippen molar-refractivity contribution in [3.8, 4) is 22.6 Å². The molecule has 152 valence electrons.